The van der Waals surface area contributed by atoms with E-state index in [1.54, 1.807) is 0 Å². The summed E-state index contributed by atoms with van der Waals surface area (Å²) in [6.45, 7) is 13.5. The van der Waals surface area contributed by atoms with Crippen molar-refractivity contribution >= 4 is 5.69 Å². The van der Waals surface area contributed by atoms with E-state index < -0.39 is 0 Å². The summed E-state index contributed by atoms with van der Waals surface area (Å²) >= 11 is 0. The van der Waals surface area contributed by atoms with Crippen molar-refractivity contribution in [2.24, 2.45) is 0 Å². The van der Waals surface area contributed by atoms with Crippen LogP contribution in [0, 0.1) is 0 Å². The van der Waals surface area contributed by atoms with Crippen molar-refractivity contribution in [1.82, 2.24) is 15.0 Å². The molecule has 0 radical (unpaired) electrons. The fourth-order valence-corrected chi connectivity index (χ4v) is 3.43. The van der Waals surface area contributed by atoms with E-state index in [0.717, 1.165) is 41.4 Å². The van der Waals surface area contributed by atoms with Crippen molar-refractivity contribution in [2.45, 2.75) is 40.8 Å². The first-order valence-electron chi connectivity index (χ1n) is 9.50. The van der Waals surface area contributed by atoms with Gasteiger partial charge in [0.25, 0.3) is 0 Å². The van der Waals surface area contributed by atoms with Gasteiger partial charge in [-0.2, -0.15) is 0 Å². The Balaban J connectivity index is 0.00000102. The highest BCUT2D eigenvalue weighted by atomic mass is 15.4. The van der Waals surface area contributed by atoms with Gasteiger partial charge in [0.2, 0.25) is 0 Å². The van der Waals surface area contributed by atoms with Crippen LogP contribution in [0.1, 0.15) is 33.3 Å². The van der Waals surface area contributed by atoms with Crippen molar-refractivity contribution in [3.63, 3.8) is 0 Å². The third-order valence-corrected chi connectivity index (χ3v) is 4.75. The number of benzene rings is 2. The molecule has 0 unspecified atom stereocenters. The molecule has 0 bridgehead atoms. The highest BCUT2D eigenvalue weighted by Crippen LogP contribution is 2.41. The summed E-state index contributed by atoms with van der Waals surface area (Å²) in [6.07, 6.45) is 0. The van der Waals surface area contributed by atoms with Gasteiger partial charge in [0.05, 0.1) is 17.1 Å². The molecule has 4 heteroatoms. The lowest BCUT2D eigenvalue weighted by atomic mass is 9.95. The maximum absolute atomic E-state index is 4.53. The summed E-state index contributed by atoms with van der Waals surface area (Å²) in [7, 11) is 0. The van der Waals surface area contributed by atoms with Crippen molar-refractivity contribution < 1.29 is 0 Å². The predicted octanol–water partition coefficient (Wildman–Crippen LogP) is 5.67. The Morgan fingerprint density at radius 1 is 1.07 bits per heavy atom. The number of fused-ring (bicyclic) bond motifs is 5. The van der Waals surface area contributed by atoms with Gasteiger partial charge >= 0.3 is 0 Å². The van der Waals surface area contributed by atoms with Crippen molar-refractivity contribution in [3.05, 3.63) is 72.1 Å². The Hall–Kier alpha value is -3.10. The predicted molar refractivity (Wildman–Crippen MR) is 112 cm³/mol. The van der Waals surface area contributed by atoms with Gasteiger partial charge in [-0.05, 0) is 25.5 Å². The molecule has 4 rings (SSSR count). The highest BCUT2D eigenvalue weighted by Gasteiger charge is 2.26. The Bertz CT molecular complexity index is 993. The van der Waals surface area contributed by atoms with Crippen LogP contribution in [0.3, 0.4) is 0 Å². The molecule has 2 aromatic carbocycles. The summed E-state index contributed by atoms with van der Waals surface area (Å²) in [4.78, 5) is 2.25. The monoisotopic (exact) mass is 358 g/mol. The molecule has 4 nitrogen and oxygen atoms in total. The van der Waals surface area contributed by atoms with Crippen LogP contribution in [0.25, 0.3) is 22.5 Å². The molecule has 0 amide bonds. The Morgan fingerprint density at radius 2 is 1.74 bits per heavy atom. The molecule has 0 saturated heterocycles. The van der Waals surface area contributed by atoms with E-state index in [0.29, 0.717) is 0 Å². The molecule has 0 atom stereocenters. The minimum Gasteiger partial charge on any atom is -0.334 e. The van der Waals surface area contributed by atoms with Crippen LogP contribution in [0.4, 0.5) is 5.69 Å². The largest absolute Gasteiger partial charge is 0.334 e. The molecule has 0 N–H and O–H groups in total. The first-order valence-corrected chi connectivity index (χ1v) is 9.50. The average Bonchev–Trinajstić information content (AvgIpc) is 3.15. The molecular formula is C23H26N4. The Labute approximate surface area is 161 Å². The van der Waals surface area contributed by atoms with E-state index in [1.807, 2.05) is 31.5 Å². The molecule has 0 fully saturated rings. The fraction of sp³-hybridized carbons (Fsp3) is 0.261. The van der Waals surface area contributed by atoms with Crippen LogP contribution in [0.15, 0.2) is 66.5 Å². The molecule has 1 aliphatic heterocycles. The number of hydrogen-bond acceptors (Lipinski definition) is 3. The molecule has 1 aromatic heterocycles. The molecule has 1 aliphatic rings. The third-order valence-electron chi connectivity index (χ3n) is 4.75. The molecule has 0 spiro atoms. The van der Waals surface area contributed by atoms with Gasteiger partial charge in [0, 0.05) is 24.2 Å². The standard InChI is InChI=1S/C21H20N4.C2H6/c1-4-15(3)24-14-16-10-6-7-11-17(16)21-20(22-23-25(21)5-2)18-12-8-9-13-19(18)24;1-2/h6-13H,1,5,14H2,2-3H3;1-2H3. The van der Waals surface area contributed by atoms with Gasteiger partial charge in [-0.1, -0.05) is 68.1 Å². The first-order chi connectivity index (χ1) is 13.2. The number of rotatable bonds is 2. The lowest BCUT2D eigenvalue weighted by Gasteiger charge is -2.29. The maximum atomic E-state index is 4.53. The highest BCUT2D eigenvalue weighted by molar-refractivity contribution is 5.88. The summed E-state index contributed by atoms with van der Waals surface area (Å²) in [5.74, 6) is 0. The van der Waals surface area contributed by atoms with Crippen LogP contribution < -0.4 is 4.90 Å². The minimum absolute atomic E-state index is 0.760. The zero-order valence-corrected chi connectivity index (χ0v) is 16.5. The number of anilines is 1. The number of aryl methyl sites for hydroxylation is 1. The van der Waals surface area contributed by atoms with Gasteiger partial charge in [-0.15, -0.1) is 10.8 Å². The van der Waals surface area contributed by atoms with Crippen LogP contribution >= 0.6 is 0 Å². The number of hydrogen-bond donors (Lipinski definition) is 0. The fourth-order valence-electron chi connectivity index (χ4n) is 3.43. The molecular weight excluding hydrogens is 332 g/mol. The van der Waals surface area contributed by atoms with Crippen LogP contribution in [-0.2, 0) is 13.1 Å². The number of para-hydroxylation sites is 1. The van der Waals surface area contributed by atoms with Gasteiger partial charge in [-0.25, -0.2) is 4.68 Å². The first kappa shape index (κ1) is 18.7. The number of nitrogens with zero attached hydrogens (tertiary/aromatic N) is 4. The molecule has 3 aromatic rings. The molecule has 0 aliphatic carbocycles. The SMILES string of the molecule is C=C=C(C)N1Cc2ccccc2-c2c(nnn2CC)-c2ccccc21.CC. The van der Waals surface area contributed by atoms with Crippen molar-refractivity contribution in [1.29, 1.82) is 0 Å². The lowest BCUT2D eigenvalue weighted by molar-refractivity contribution is 0.632. The third kappa shape index (κ3) is 3.20. The van der Waals surface area contributed by atoms with E-state index in [9.17, 15) is 0 Å². The topological polar surface area (TPSA) is 34.0 Å². The van der Waals surface area contributed by atoms with Crippen LogP contribution in [-0.4, -0.2) is 15.0 Å². The summed E-state index contributed by atoms with van der Waals surface area (Å²) < 4.78 is 1.98. The minimum atomic E-state index is 0.760. The van der Waals surface area contributed by atoms with Gasteiger partial charge in [0.1, 0.15) is 5.69 Å². The van der Waals surface area contributed by atoms with E-state index >= 15 is 0 Å². The molecule has 138 valence electrons. The zero-order chi connectivity index (χ0) is 19.4. The summed E-state index contributed by atoms with van der Waals surface area (Å²) in [6, 6.07) is 16.8. The smallest absolute Gasteiger partial charge is 0.123 e. The van der Waals surface area contributed by atoms with E-state index in [1.165, 1.54) is 11.1 Å². The summed E-state index contributed by atoms with van der Waals surface area (Å²) in [5, 5.41) is 8.93. The quantitative estimate of drug-likeness (QED) is 0.554. The normalized spacial score (nSPS) is 11.6. The maximum Gasteiger partial charge on any atom is 0.123 e. The molecule has 27 heavy (non-hydrogen) atoms. The average molecular weight is 358 g/mol. The second-order valence-electron chi connectivity index (χ2n) is 6.13. The van der Waals surface area contributed by atoms with Gasteiger partial charge < -0.3 is 4.90 Å². The number of allylic oxidation sites excluding steroid dienone is 1. The summed E-state index contributed by atoms with van der Waals surface area (Å²) in [5.41, 5.74) is 10.7. The lowest BCUT2D eigenvalue weighted by Crippen LogP contribution is -2.22. The zero-order valence-electron chi connectivity index (χ0n) is 16.5. The number of aromatic nitrogens is 3. The Kier molecular flexibility index (Phi) is 5.58. The van der Waals surface area contributed by atoms with E-state index in [2.05, 4.69) is 76.9 Å². The van der Waals surface area contributed by atoms with Crippen molar-refractivity contribution in [3.8, 4) is 22.5 Å². The molecule has 2 heterocycles. The van der Waals surface area contributed by atoms with Crippen molar-refractivity contribution in [2.75, 3.05) is 4.90 Å². The Morgan fingerprint density at radius 3 is 2.44 bits per heavy atom. The second-order valence-corrected chi connectivity index (χ2v) is 6.13. The van der Waals surface area contributed by atoms with E-state index in [-0.39, 0.29) is 0 Å². The van der Waals surface area contributed by atoms with Crippen LogP contribution in [0.5, 0.6) is 0 Å². The second kappa shape index (κ2) is 8.07. The molecule has 0 saturated carbocycles. The van der Waals surface area contributed by atoms with Gasteiger partial charge in [-0.3, -0.25) is 0 Å². The van der Waals surface area contributed by atoms with E-state index in [4.69, 9.17) is 0 Å². The van der Waals surface area contributed by atoms with Crippen LogP contribution in [0.2, 0.25) is 0 Å². The van der Waals surface area contributed by atoms with Gasteiger partial charge in [0.15, 0.2) is 0 Å².